The first-order chi connectivity index (χ1) is 6.27. The van der Waals surface area contributed by atoms with Crippen molar-refractivity contribution in [1.29, 1.82) is 0 Å². The second-order valence-electron chi connectivity index (χ2n) is 3.15. The van der Waals surface area contributed by atoms with Gasteiger partial charge in [0.05, 0.1) is 11.4 Å². The van der Waals surface area contributed by atoms with Crippen molar-refractivity contribution < 1.29 is 4.79 Å². The van der Waals surface area contributed by atoms with E-state index in [-0.39, 0.29) is 5.78 Å². The van der Waals surface area contributed by atoms with Crippen LogP contribution in [0.3, 0.4) is 0 Å². The summed E-state index contributed by atoms with van der Waals surface area (Å²) in [6.07, 6.45) is 1.24. The molecule has 0 unspecified atom stereocenters. The first-order valence-electron chi connectivity index (χ1n) is 4.26. The van der Waals surface area contributed by atoms with Crippen molar-refractivity contribution in [3.05, 3.63) is 20.8 Å². The topological polar surface area (TPSA) is 20.3 Å². The highest BCUT2D eigenvalue weighted by atomic mass is 79.9. The standard InChI is InChI=1S/C9H10BrNOS/c10-7-2-5-13-9(7)8(12)6-11-3-1-4-11/h2,5H,1,3-4,6H2. The Morgan fingerprint density at radius 2 is 2.38 bits per heavy atom. The average Bonchev–Trinajstić information content (AvgIpc) is 2.43. The molecule has 0 N–H and O–H groups in total. The number of ketones is 1. The van der Waals surface area contributed by atoms with Gasteiger partial charge >= 0.3 is 0 Å². The summed E-state index contributed by atoms with van der Waals surface area (Å²) in [5.41, 5.74) is 0. The molecule has 1 aliphatic rings. The van der Waals surface area contributed by atoms with Gasteiger partial charge < -0.3 is 0 Å². The van der Waals surface area contributed by atoms with E-state index in [9.17, 15) is 4.79 Å². The lowest BCUT2D eigenvalue weighted by Crippen LogP contribution is -2.40. The number of rotatable bonds is 3. The van der Waals surface area contributed by atoms with Crippen molar-refractivity contribution in [3.63, 3.8) is 0 Å². The van der Waals surface area contributed by atoms with Crippen molar-refractivity contribution in [3.8, 4) is 0 Å². The first kappa shape index (κ1) is 9.37. The van der Waals surface area contributed by atoms with Crippen LogP contribution in [0.1, 0.15) is 16.1 Å². The summed E-state index contributed by atoms with van der Waals surface area (Å²) in [4.78, 5) is 14.7. The summed E-state index contributed by atoms with van der Waals surface area (Å²) in [5, 5.41) is 1.94. The van der Waals surface area contributed by atoms with Gasteiger partial charge in [-0.1, -0.05) is 0 Å². The van der Waals surface area contributed by atoms with Crippen molar-refractivity contribution in [2.24, 2.45) is 0 Å². The minimum atomic E-state index is 0.238. The van der Waals surface area contributed by atoms with Crippen LogP contribution in [-0.2, 0) is 0 Å². The molecule has 0 aromatic carbocycles. The normalized spacial score (nSPS) is 17.0. The molecule has 0 spiro atoms. The second kappa shape index (κ2) is 3.90. The maximum absolute atomic E-state index is 11.7. The summed E-state index contributed by atoms with van der Waals surface area (Å²) in [6.45, 7) is 2.74. The predicted molar refractivity (Wildman–Crippen MR) is 57.4 cm³/mol. The lowest BCUT2D eigenvalue weighted by Gasteiger charge is -2.29. The van der Waals surface area contributed by atoms with Crippen molar-refractivity contribution in [1.82, 2.24) is 4.90 Å². The van der Waals surface area contributed by atoms with Crippen LogP contribution in [0.4, 0.5) is 0 Å². The zero-order valence-electron chi connectivity index (χ0n) is 7.12. The molecule has 1 saturated heterocycles. The lowest BCUT2D eigenvalue weighted by atomic mass is 10.2. The van der Waals surface area contributed by atoms with E-state index in [2.05, 4.69) is 20.8 Å². The van der Waals surface area contributed by atoms with E-state index in [0.29, 0.717) is 6.54 Å². The molecule has 0 saturated carbocycles. The Balaban J connectivity index is 2.00. The van der Waals surface area contributed by atoms with Crippen molar-refractivity contribution in [2.45, 2.75) is 6.42 Å². The molecule has 2 nitrogen and oxygen atoms in total. The van der Waals surface area contributed by atoms with Gasteiger partial charge in [-0.3, -0.25) is 9.69 Å². The van der Waals surface area contributed by atoms with Gasteiger partial charge in [-0.05, 0) is 46.9 Å². The van der Waals surface area contributed by atoms with Gasteiger partial charge in [0.15, 0.2) is 5.78 Å². The SMILES string of the molecule is O=C(CN1CCC1)c1sccc1Br. The van der Waals surface area contributed by atoms with Crippen LogP contribution in [0.25, 0.3) is 0 Å². The number of carbonyl (C=O) groups excluding carboxylic acids is 1. The highest BCUT2D eigenvalue weighted by molar-refractivity contribution is 9.10. The molecule has 1 aliphatic heterocycles. The smallest absolute Gasteiger partial charge is 0.187 e. The number of thiophene rings is 1. The third-order valence-corrected chi connectivity index (χ3v) is 4.07. The summed E-state index contributed by atoms with van der Waals surface area (Å²) >= 11 is 4.88. The number of likely N-dealkylation sites (tertiary alicyclic amines) is 1. The number of hydrogen-bond acceptors (Lipinski definition) is 3. The molecule has 0 bridgehead atoms. The molecule has 0 aliphatic carbocycles. The largest absolute Gasteiger partial charge is 0.296 e. The Morgan fingerprint density at radius 3 is 2.85 bits per heavy atom. The van der Waals surface area contributed by atoms with Gasteiger partial charge in [0.2, 0.25) is 0 Å². The summed E-state index contributed by atoms with van der Waals surface area (Å²) < 4.78 is 0.933. The number of hydrogen-bond donors (Lipinski definition) is 0. The summed E-state index contributed by atoms with van der Waals surface area (Å²) in [6, 6.07) is 1.92. The van der Waals surface area contributed by atoms with Gasteiger partial charge in [-0.2, -0.15) is 0 Å². The van der Waals surface area contributed by atoms with Crippen LogP contribution in [0.2, 0.25) is 0 Å². The Bertz CT molecular complexity index is 319. The van der Waals surface area contributed by atoms with Crippen LogP contribution in [0.15, 0.2) is 15.9 Å². The summed E-state index contributed by atoms with van der Waals surface area (Å²) in [5.74, 6) is 0.238. The van der Waals surface area contributed by atoms with Crippen LogP contribution >= 0.6 is 27.3 Å². The monoisotopic (exact) mass is 259 g/mol. The average molecular weight is 260 g/mol. The molecule has 4 heteroatoms. The molecule has 0 amide bonds. The minimum absolute atomic E-state index is 0.238. The van der Waals surface area contributed by atoms with E-state index in [1.165, 1.54) is 17.8 Å². The van der Waals surface area contributed by atoms with E-state index in [0.717, 1.165) is 22.4 Å². The third-order valence-electron chi connectivity index (χ3n) is 2.19. The molecule has 1 fully saturated rings. The molecule has 2 rings (SSSR count). The van der Waals surface area contributed by atoms with Crippen molar-refractivity contribution in [2.75, 3.05) is 19.6 Å². The lowest BCUT2D eigenvalue weighted by molar-refractivity contribution is 0.0878. The third kappa shape index (κ3) is 2.00. The van der Waals surface area contributed by atoms with Gasteiger partial charge in [0, 0.05) is 4.47 Å². The maximum atomic E-state index is 11.7. The van der Waals surface area contributed by atoms with E-state index in [4.69, 9.17) is 0 Å². The predicted octanol–water partition coefficient (Wildman–Crippen LogP) is 2.40. The molecule has 70 valence electrons. The van der Waals surface area contributed by atoms with Crippen LogP contribution in [-0.4, -0.2) is 30.3 Å². The van der Waals surface area contributed by atoms with Gasteiger partial charge in [0.1, 0.15) is 0 Å². The van der Waals surface area contributed by atoms with E-state index < -0.39 is 0 Å². The van der Waals surface area contributed by atoms with Crippen molar-refractivity contribution >= 4 is 33.0 Å². The Labute approximate surface area is 89.7 Å². The van der Waals surface area contributed by atoms with Crippen LogP contribution in [0.5, 0.6) is 0 Å². The number of nitrogens with zero attached hydrogens (tertiary/aromatic N) is 1. The van der Waals surface area contributed by atoms with E-state index >= 15 is 0 Å². The molecule has 13 heavy (non-hydrogen) atoms. The Hall–Kier alpha value is -0.190. The Kier molecular flexibility index (Phi) is 2.81. The second-order valence-corrected chi connectivity index (χ2v) is 4.92. The molecular formula is C9H10BrNOS. The fraction of sp³-hybridized carbons (Fsp3) is 0.444. The fourth-order valence-electron chi connectivity index (χ4n) is 1.31. The molecule has 1 aromatic rings. The highest BCUT2D eigenvalue weighted by Gasteiger charge is 2.19. The summed E-state index contributed by atoms with van der Waals surface area (Å²) in [7, 11) is 0. The zero-order valence-corrected chi connectivity index (χ0v) is 9.53. The van der Waals surface area contributed by atoms with Crippen LogP contribution in [0, 0.1) is 0 Å². The number of Topliss-reactive ketones (excluding diaryl/α,β-unsaturated/α-hetero) is 1. The molecule has 2 heterocycles. The molecule has 0 radical (unpaired) electrons. The van der Waals surface area contributed by atoms with Gasteiger partial charge in [-0.15, -0.1) is 11.3 Å². The first-order valence-corrected chi connectivity index (χ1v) is 5.93. The fourth-order valence-corrected chi connectivity index (χ4v) is 2.83. The van der Waals surface area contributed by atoms with Crippen LogP contribution < -0.4 is 0 Å². The molecule has 0 atom stereocenters. The number of carbonyl (C=O) groups is 1. The Morgan fingerprint density at radius 1 is 1.62 bits per heavy atom. The van der Waals surface area contributed by atoms with Gasteiger partial charge in [0.25, 0.3) is 0 Å². The van der Waals surface area contributed by atoms with E-state index in [1.807, 2.05) is 11.4 Å². The van der Waals surface area contributed by atoms with E-state index in [1.54, 1.807) is 0 Å². The number of halogens is 1. The van der Waals surface area contributed by atoms with Gasteiger partial charge in [-0.25, -0.2) is 0 Å². The minimum Gasteiger partial charge on any atom is -0.296 e. The molecular weight excluding hydrogens is 250 g/mol. The molecule has 1 aromatic heterocycles. The highest BCUT2D eigenvalue weighted by Crippen LogP contribution is 2.23. The maximum Gasteiger partial charge on any atom is 0.187 e. The quantitative estimate of drug-likeness (QED) is 0.778. The zero-order chi connectivity index (χ0) is 9.26.